The average molecular weight is 387 g/mol. The number of carbonyl (C=O) groups excluding carboxylic acids is 1. The van der Waals surface area contributed by atoms with Gasteiger partial charge in [0.1, 0.15) is 0 Å². The quantitative estimate of drug-likeness (QED) is 0.827. The zero-order valence-electron chi connectivity index (χ0n) is 12.8. The van der Waals surface area contributed by atoms with Crippen molar-refractivity contribution in [2.24, 2.45) is 5.14 Å². The van der Waals surface area contributed by atoms with Crippen molar-refractivity contribution in [2.75, 3.05) is 6.54 Å². The maximum absolute atomic E-state index is 12.3. The lowest BCUT2D eigenvalue weighted by Gasteiger charge is -2.10. The van der Waals surface area contributed by atoms with E-state index in [2.05, 4.69) is 5.32 Å². The van der Waals surface area contributed by atoms with E-state index in [0.717, 1.165) is 5.56 Å². The maximum atomic E-state index is 12.3. The van der Waals surface area contributed by atoms with Gasteiger partial charge in [-0.15, -0.1) is 0 Å². The van der Waals surface area contributed by atoms with Crippen LogP contribution in [0.15, 0.2) is 41.3 Å². The molecule has 3 N–H and O–H groups in total. The summed E-state index contributed by atoms with van der Waals surface area (Å²) < 4.78 is 22.8. The van der Waals surface area contributed by atoms with E-state index in [1.807, 2.05) is 6.07 Å². The molecule has 0 unspecified atom stereocenters. The third-order valence-corrected chi connectivity index (χ3v) is 5.26. The number of hydrogen-bond acceptors (Lipinski definition) is 3. The van der Waals surface area contributed by atoms with E-state index in [1.165, 1.54) is 12.1 Å². The van der Waals surface area contributed by atoms with Gasteiger partial charge < -0.3 is 5.32 Å². The molecule has 24 heavy (non-hydrogen) atoms. The van der Waals surface area contributed by atoms with E-state index in [-0.39, 0.29) is 16.4 Å². The minimum atomic E-state index is -3.86. The lowest BCUT2D eigenvalue weighted by Crippen LogP contribution is -2.27. The zero-order chi connectivity index (χ0) is 17.9. The summed E-state index contributed by atoms with van der Waals surface area (Å²) in [6.45, 7) is 2.05. The number of benzene rings is 2. The molecule has 2 rings (SSSR count). The lowest BCUT2D eigenvalue weighted by molar-refractivity contribution is 0.0953. The highest BCUT2D eigenvalue weighted by molar-refractivity contribution is 7.89. The van der Waals surface area contributed by atoms with E-state index in [0.29, 0.717) is 28.6 Å². The second-order valence-corrected chi connectivity index (χ2v) is 7.59. The van der Waals surface area contributed by atoms with Gasteiger partial charge in [-0.2, -0.15) is 0 Å². The molecular formula is C16H16Cl2N2O3S. The number of aryl methyl sites for hydroxylation is 1. The molecule has 128 valence electrons. The first-order valence-corrected chi connectivity index (χ1v) is 9.35. The highest BCUT2D eigenvalue weighted by Crippen LogP contribution is 2.25. The zero-order valence-corrected chi connectivity index (χ0v) is 15.2. The molecule has 0 saturated carbocycles. The predicted molar refractivity (Wildman–Crippen MR) is 95.1 cm³/mol. The highest BCUT2D eigenvalue weighted by atomic mass is 35.5. The molecule has 1 amide bonds. The van der Waals surface area contributed by atoms with E-state index in [1.54, 1.807) is 25.1 Å². The molecule has 0 fully saturated rings. The van der Waals surface area contributed by atoms with Gasteiger partial charge in [0, 0.05) is 12.1 Å². The van der Waals surface area contributed by atoms with Gasteiger partial charge in [0.05, 0.1) is 14.9 Å². The number of amides is 1. The van der Waals surface area contributed by atoms with Crippen molar-refractivity contribution in [2.45, 2.75) is 18.2 Å². The largest absolute Gasteiger partial charge is 0.352 e. The van der Waals surface area contributed by atoms with Crippen LogP contribution in [-0.4, -0.2) is 20.9 Å². The van der Waals surface area contributed by atoms with Crippen LogP contribution in [0.4, 0.5) is 0 Å². The number of sulfonamides is 1. The molecule has 0 radical (unpaired) electrons. The molecule has 0 aliphatic rings. The van der Waals surface area contributed by atoms with Crippen molar-refractivity contribution < 1.29 is 13.2 Å². The summed E-state index contributed by atoms with van der Waals surface area (Å²) in [7, 11) is -3.86. The summed E-state index contributed by atoms with van der Waals surface area (Å²) in [5.74, 6) is -0.379. The first-order valence-electron chi connectivity index (χ1n) is 7.04. The fourth-order valence-corrected chi connectivity index (χ4v) is 3.12. The van der Waals surface area contributed by atoms with Crippen LogP contribution in [0.2, 0.25) is 10.0 Å². The molecule has 0 aliphatic carbocycles. The van der Waals surface area contributed by atoms with Gasteiger partial charge in [-0.25, -0.2) is 13.6 Å². The third kappa shape index (κ3) is 4.48. The summed E-state index contributed by atoms with van der Waals surface area (Å²) in [6, 6.07) is 9.48. The molecule has 8 heteroatoms. The Kier molecular flexibility index (Phi) is 5.87. The van der Waals surface area contributed by atoms with E-state index in [9.17, 15) is 13.2 Å². The number of hydrogen-bond donors (Lipinski definition) is 2. The minimum absolute atomic E-state index is 0.101. The number of rotatable bonds is 5. The third-order valence-electron chi connectivity index (χ3n) is 3.49. The Hall–Kier alpha value is -1.60. The molecule has 5 nitrogen and oxygen atoms in total. The molecule has 0 saturated heterocycles. The molecular weight excluding hydrogens is 371 g/mol. The van der Waals surface area contributed by atoms with Gasteiger partial charge in [-0.05, 0) is 42.7 Å². The van der Waals surface area contributed by atoms with Gasteiger partial charge in [-0.1, -0.05) is 41.4 Å². The highest BCUT2D eigenvalue weighted by Gasteiger charge is 2.14. The predicted octanol–water partition coefficient (Wildman–Crippen LogP) is 2.92. The fraction of sp³-hybridized carbons (Fsp3) is 0.188. The first-order chi connectivity index (χ1) is 11.2. The average Bonchev–Trinajstić information content (AvgIpc) is 2.50. The molecule has 2 aromatic rings. The minimum Gasteiger partial charge on any atom is -0.352 e. The molecule has 0 aromatic heterocycles. The van der Waals surface area contributed by atoms with Crippen molar-refractivity contribution in [1.29, 1.82) is 0 Å². The van der Waals surface area contributed by atoms with Crippen LogP contribution in [0.1, 0.15) is 21.5 Å². The SMILES string of the molecule is Cc1ccc(S(N)(=O)=O)cc1C(=O)NCCc1cccc(Cl)c1Cl. The van der Waals surface area contributed by atoms with Gasteiger partial charge in [0.15, 0.2) is 0 Å². The number of nitrogens with two attached hydrogens (primary N) is 1. The lowest BCUT2D eigenvalue weighted by atomic mass is 10.1. The molecule has 0 spiro atoms. The number of nitrogens with one attached hydrogen (secondary N) is 1. The Labute approximate surface area is 150 Å². The van der Waals surface area contributed by atoms with E-state index < -0.39 is 10.0 Å². The standard InChI is InChI=1S/C16H16Cl2N2O3S/c1-10-5-6-12(24(19,22)23)9-13(10)16(21)20-8-7-11-3-2-4-14(17)15(11)18/h2-6,9H,7-8H2,1H3,(H,20,21)(H2,19,22,23). The molecule has 0 heterocycles. The van der Waals surface area contributed by atoms with Crippen molar-refractivity contribution >= 4 is 39.1 Å². The Balaban J connectivity index is 2.09. The molecule has 0 bridgehead atoms. The Morgan fingerprint density at radius 2 is 1.92 bits per heavy atom. The van der Waals surface area contributed by atoms with Crippen molar-refractivity contribution in [1.82, 2.24) is 5.32 Å². The summed E-state index contributed by atoms with van der Waals surface area (Å²) in [5, 5.41) is 8.75. The van der Waals surface area contributed by atoms with Crippen LogP contribution < -0.4 is 10.5 Å². The van der Waals surface area contributed by atoms with E-state index in [4.69, 9.17) is 28.3 Å². The Morgan fingerprint density at radius 1 is 1.21 bits per heavy atom. The van der Waals surface area contributed by atoms with Crippen molar-refractivity contribution in [3.8, 4) is 0 Å². The summed E-state index contributed by atoms with van der Waals surface area (Å²) in [6.07, 6.45) is 0.499. The number of primary sulfonamides is 1. The summed E-state index contributed by atoms with van der Waals surface area (Å²) >= 11 is 12.0. The normalized spacial score (nSPS) is 11.3. The first kappa shape index (κ1) is 18.7. The maximum Gasteiger partial charge on any atom is 0.251 e. The Morgan fingerprint density at radius 3 is 2.58 bits per heavy atom. The van der Waals surface area contributed by atoms with Crippen LogP contribution in [0.25, 0.3) is 0 Å². The smallest absolute Gasteiger partial charge is 0.251 e. The van der Waals surface area contributed by atoms with Crippen LogP contribution in [0, 0.1) is 6.92 Å². The summed E-state index contributed by atoms with van der Waals surface area (Å²) in [5.41, 5.74) is 1.74. The second kappa shape index (κ2) is 7.53. The second-order valence-electron chi connectivity index (χ2n) is 5.24. The van der Waals surface area contributed by atoms with E-state index >= 15 is 0 Å². The fourth-order valence-electron chi connectivity index (χ4n) is 2.17. The van der Waals surface area contributed by atoms with Crippen LogP contribution >= 0.6 is 23.2 Å². The van der Waals surface area contributed by atoms with Crippen LogP contribution in [0.3, 0.4) is 0 Å². The van der Waals surface area contributed by atoms with Gasteiger partial charge >= 0.3 is 0 Å². The van der Waals surface area contributed by atoms with Gasteiger partial charge in [-0.3, -0.25) is 4.79 Å². The summed E-state index contributed by atoms with van der Waals surface area (Å²) in [4.78, 5) is 12.2. The van der Waals surface area contributed by atoms with Crippen LogP contribution in [-0.2, 0) is 16.4 Å². The Bertz CT molecular complexity index is 883. The topological polar surface area (TPSA) is 89.3 Å². The van der Waals surface area contributed by atoms with Gasteiger partial charge in [0.2, 0.25) is 10.0 Å². The van der Waals surface area contributed by atoms with Gasteiger partial charge in [0.25, 0.3) is 5.91 Å². The van der Waals surface area contributed by atoms with Crippen molar-refractivity contribution in [3.05, 3.63) is 63.1 Å². The molecule has 0 aliphatic heterocycles. The molecule has 2 aromatic carbocycles. The number of carbonyl (C=O) groups is 1. The van der Waals surface area contributed by atoms with Crippen LogP contribution in [0.5, 0.6) is 0 Å². The monoisotopic (exact) mass is 386 g/mol. The molecule has 0 atom stereocenters. The number of halogens is 2. The van der Waals surface area contributed by atoms with Crippen molar-refractivity contribution in [3.63, 3.8) is 0 Å².